The summed E-state index contributed by atoms with van der Waals surface area (Å²) in [6.45, 7) is 3.40. The van der Waals surface area contributed by atoms with E-state index in [9.17, 15) is 12.8 Å². The molecule has 0 saturated carbocycles. The molecule has 0 fully saturated rings. The van der Waals surface area contributed by atoms with E-state index in [1.165, 1.54) is 28.8 Å². The number of anilines is 1. The number of nitrogens with zero attached hydrogens (tertiary/aromatic N) is 2. The van der Waals surface area contributed by atoms with E-state index in [0.717, 1.165) is 5.56 Å². The molecule has 5 nitrogen and oxygen atoms in total. The van der Waals surface area contributed by atoms with Crippen LogP contribution in [0.4, 0.5) is 10.1 Å². The summed E-state index contributed by atoms with van der Waals surface area (Å²) in [6, 6.07) is 8.74. The van der Waals surface area contributed by atoms with Gasteiger partial charge in [-0.3, -0.25) is 9.29 Å². The van der Waals surface area contributed by atoms with Gasteiger partial charge < -0.3 is 0 Å². The molecule has 0 aliphatic rings. The molecule has 8 heteroatoms. The summed E-state index contributed by atoms with van der Waals surface area (Å²) in [7, 11) is -3.91. The number of benzene rings is 1. The van der Waals surface area contributed by atoms with Crippen molar-refractivity contribution in [3.05, 3.63) is 70.8 Å². The van der Waals surface area contributed by atoms with Gasteiger partial charge in [-0.25, -0.2) is 9.37 Å². The van der Waals surface area contributed by atoms with Crippen LogP contribution in [0.3, 0.4) is 0 Å². The molecular formula is C17H15ClFN3O2S. The minimum absolute atomic E-state index is 0.0206. The minimum Gasteiger partial charge on any atom is -0.289 e. The number of sulfonamides is 1. The van der Waals surface area contributed by atoms with Gasteiger partial charge in [0.05, 0.1) is 5.02 Å². The second-order valence-corrected chi connectivity index (χ2v) is 7.64. The summed E-state index contributed by atoms with van der Waals surface area (Å²) in [5, 5.41) is 0.318. The summed E-state index contributed by atoms with van der Waals surface area (Å²) in [5.41, 5.74) is 1.48. The number of hydrogen-bond donors (Lipinski definition) is 1. The maximum absolute atomic E-state index is 13.4. The third kappa shape index (κ3) is 3.52. The number of rotatable bonds is 4. The van der Waals surface area contributed by atoms with Gasteiger partial charge in [0.1, 0.15) is 5.82 Å². The molecule has 0 radical (unpaired) electrons. The number of hydrogen-bond acceptors (Lipinski definition) is 3. The lowest BCUT2D eigenvalue weighted by Gasteiger charge is -2.13. The molecule has 25 heavy (non-hydrogen) atoms. The summed E-state index contributed by atoms with van der Waals surface area (Å²) in [6.07, 6.45) is 3.17. The Kier molecular flexibility index (Phi) is 4.53. The smallest absolute Gasteiger partial charge is 0.277 e. The van der Waals surface area contributed by atoms with Gasteiger partial charge in [-0.2, -0.15) is 8.42 Å². The van der Waals surface area contributed by atoms with Gasteiger partial charge in [0.2, 0.25) is 0 Å². The van der Waals surface area contributed by atoms with Gasteiger partial charge in [0.15, 0.2) is 10.8 Å². The van der Waals surface area contributed by atoms with E-state index in [1.54, 1.807) is 31.5 Å². The molecule has 3 rings (SSSR count). The molecule has 130 valence electrons. The van der Waals surface area contributed by atoms with Crippen molar-refractivity contribution < 1.29 is 12.8 Å². The van der Waals surface area contributed by atoms with Crippen molar-refractivity contribution in [2.75, 3.05) is 4.72 Å². The largest absolute Gasteiger partial charge is 0.289 e. The van der Waals surface area contributed by atoms with Crippen molar-refractivity contribution in [2.24, 2.45) is 0 Å². The van der Waals surface area contributed by atoms with Crippen LogP contribution in [-0.4, -0.2) is 18.0 Å². The van der Waals surface area contributed by atoms with E-state index in [1.807, 2.05) is 6.92 Å². The van der Waals surface area contributed by atoms with E-state index in [2.05, 4.69) is 9.71 Å². The molecule has 0 bridgehead atoms. The Morgan fingerprint density at radius 2 is 1.96 bits per heavy atom. The fraction of sp³-hybridized carbons (Fsp3) is 0.118. The first-order valence-electron chi connectivity index (χ1n) is 7.37. The highest BCUT2D eigenvalue weighted by atomic mass is 35.5. The van der Waals surface area contributed by atoms with Gasteiger partial charge in [-0.05, 0) is 61.4 Å². The quantitative estimate of drug-likeness (QED) is 0.742. The zero-order chi connectivity index (χ0) is 18.2. The van der Waals surface area contributed by atoms with Crippen molar-refractivity contribution in [2.45, 2.75) is 18.9 Å². The van der Waals surface area contributed by atoms with Crippen LogP contribution < -0.4 is 4.72 Å². The SMILES string of the molecule is Cc1cnc(-n2cccc2S(=O)(=O)Nc2ccc(F)c(C)c2)c(Cl)c1. The highest BCUT2D eigenvalue weighted by molar-refractivity contribution is 7.92. The Balaban J connectivity index is 2.01. The van der Waals surface area contributed by atoms with Crippen LogP contribution in [0.2, 0.25) is 5.02 Å². The Morgan fingerprint density at radius 1 is 1.20 bits per heavy atom. The molecule has 0 aliphatic heterocycles. The van der Waals surface area contributed by atoms with Crippen LogP contribution in [0.5, 0.6) is 0 Å². The topological polar surface area (TPSA) is 64.0 Å². The van der Waals surface area contributed by atoms with Crippen LogP contribution >= 0.6 is 11.6 Å². The van der Waals surface area contributed by atoms with Crippen molar-refractivity contribution >= 4 is 27.3 Å². The molecule has 0 unspecified atom stereocenters. The number of nitrogens with one attached hydrogen (secondary N) is 1. The van der Waals surface area contributed by atoms with E-state index in [0.29, 0.717) is 16.4 Å². The van der Waals surface area contributed by atoms with Crippen LogP contribution in [0.15, 0.2) is 53.8 Å². The molecule has 0 saturated heterocycles. The van der Waals surface area contributed by atoms with E-state index in [4.69, 9.17) is 11.6 Å². The lowest BCUT2D eigenvalue weighted by atomic mass is 10.2. The van der Waals surface area contributed by atoms with Crippen LogP contribution in [0, 0.1) is 19.7 Å². The van der Waals surface area contributed by atoms with Gasteiger partial charge in [-0.15, -0.1) is 0 Å². The maximum atomic E-state index is 13.4. The Hall–Kier alpha value is -2.38. The zero-order valence-corrected chi connectivity index (χ0v) is 15.1. The van der Waals surface area contributed by atoms with Gasteiger partial charge in [-0.1, -0.05) is 11.6 Å². The summed E-state index contributed by atoms with van der Waals surface area (Å²) >= 11 is 6.20. The Morgan fingerprint density at radius 3 is 2.64 bits per heavy atom. The molecule has 0 atom stereocenters. The fourth-order valence-corrected chi connectivity index (χ4v) is 3.90. The monoisotopic (exact) mass is 379 g/mol. The molecule has 3 aromatic rings. The number of aromatic nitrogens is 2. The van der Waals surface area contributed by atoms with Crippen molar-refractivity contribution in [3.8, 4) is 5.82 Å². The second kappa shape index (κ2) is 6.50. The number of halogens is 2. The van der Waals surface area contributed by atoms with E-state index in [-0.39, 0.29) is 10.7 Å². The van der Waals surface area contributed by atoms with Crippen molar-refractivity contribution in [1.29, 1.82) is 0 Å². The van der Waals surface area contributed by atoms with Crippen LogP contribution in [0.1, 0.15) is 11.1 Å². The third-order valence-electron chi connectivity index (χ3n) is 3.58. The molecule has 2 aromatic heterocycles. The molecule has 0 aliphatic carbocycles. The van der Waals surface area contributed by atoms with E-state index >= 15 is 0 Å². The average Bonchev–Trinajstić information content (AvgIpc) is 3.01. The number of aryl methyl sites for hydroxylation is 2. The van der Waals surface area contributed by atoms with Crippen LogP contribution in [-0.2, 0) is 10.0 Å². The second-order valence-electron chi connectivity index (χ2n) is 5.60. The van der Waals surface area contributed by atoms with Crippen LogP contribution in [0.25, 0.3) is 5.82 Å². The first-order chi connectivity index (χ1) is 11.8. The molecule has 0 spiro atoms. The highest BCUT2D eigenvalue weighted by Crippen LogP contribution is 2.25. The fourth-order valence-electron chi connectivity index (χ4n) is 2.38. The normalized spacial score (nSPS) is 11.5. The molecule has 2 heterocycles. The maximum Gasteiger partial charge on any atom is 0.277 e. The Bertz CT molecular complexity index is 1050. The average molecular weight is 380 g/mol. The van der Waals surface area contributed by atoms with Gasteiger partial charge in [0.25, 0.3) is 10.0 Å². The van der Waals surface area contributed by atoms with Gasteiger partial charge in [0, 0.05) is 18.1 Å². The molecule has 0 amide bonds. The predicted octanol–water partition coefficient (Wildman–Crippen LogP) is 4.08. The van der Waals surface area contributed by atoms with Crippen molar-refractivity contribution in [1.82, 2.24) is 9.55 Å². The lowest BCUT2D eigenvalue weighted by Crippen LogP contribution is -2.17. The minimum atomic E-state index is -3.91. The zero-order valence-electron chi connectivity index (χ0n) is 13.5. The summed E-state index contributed by atoms with van der Waals surface area (Å²) < 4.78 is 42.7. The predicted molar refractivity (Wildman–Crippen MR) is 95.3 cm³/mol. The first-order valence-corrected chi connectivity index (χ1v) is 9.23. The van der Waals surface area contributed by atoms with Gasteiger partial charge >= 0.3 is 0 Å². The lowest BCUT2D eigenvalue weighted by molar-refractivity contribution is 0.594. The molecule has 1 aromatic carbocycles. The van der Waals surface area contributed by atoms with Crippen molar-refractivity contribution in [3.63, 3.8) is 0 Å². The Labute approximate surface area is 150 Å². The summed E-state index contributed by atoms with van der Waals surface area (Å²) in [5.74, 6) is -0.0881. The number of pyridine rings is 1. The molecular weight excluding hydrogens is 365 g/mol. The third-order valence-corrected chi connectivity index (χ3v) is 5.25. The first kappa shape index (κ1) is 17.4. The highest BCUT2D eigenvalue weighted by Gasteiger charge is 2.21. The standard InChI is InChI=1S/C17H15ClFN3O2S/c1-11-8-14(18)17(20-10-11)22-7-3-4-16(22)25(23,24)21-13-5-6-15(19)12(2)9-13/h3-10,21H,1-2H3. The van der Waals surface area contributed by atoms with E-state index < -0.39 is 15.8 Å². The molecule has 1 N–H and O–H groups in total. The summed E-state index contributed by atoms with van der Waals surface area (Å²) in [4.78, 5) is 4.22.